The van der Waals surface area contributed by atoms with E-state index in [4.69, 9.17) is 0 Å². The minimum absolute atomic E-state index is 0.278. The summed E-state index contributed by atoms with van der Waals surface area (Å²) >= 11 is 0. The molecule has 3 heteroatoms. The molecule has 1 aromatic rings. The van der Waals surface area contributed by atoms with Crippen LogP contribution in [-0.4, -0.2) is 22.6 Å². The van der Waals surface area contributed by atoms with Crippen LogP contribution in [0.3, 0.4) is 0 Å². The van der Waals surface area contributed by atoms with E-state index in [0.29, 0.717) is 0 Å². The van der Waals surface area contributed by atoms with E-state index >= 15 is 0 Å². The zero-order valence-electron chi connectivity index (χ0n) is 6.96. The van der Waals surface area contributed by atoms with Crippen LogP contribution in [0.1, 0.15) is 12.6 Å². The zero-order valence-corrected chi connectivity index (χ0v) is 6.96. The minimum atomic E-state index is 0.278. The van der Waals surface area contributed by atoms with Gasteiger partial charge in [0.1, 0.15) is 0 Å². The number of imidazole rings is 1. The molecular formula is C8H13N3. The summed E-state index contributed by atoms with van der Waals surface area (Å²) in [5.41, 5.74) is 1.52. The zero-order chi connectivity index (χ0) is 7.90. The molecule has 1 aliphatic rings. The highest BCUT2D eigenvalue weighted by molar-refractivity contribution is 5.05. The lowest BCUT2D eigenvalue weighted by Crippen LogP contribution is -2.58. The van der Waals surface area contributed by atoms with Crippen molar-refractivity contribution in [3.8, 4) is 0 Å². The molecule has 0 amide bonds. The molecule has 0 aliphatic carbocycles. The van der Waals surface area contributed by atoms with Crippen LogP contribution in [0.5, 0.6) is 0 Å². The Labute approximate surface area is 66.4 Å². The summed E-state index contributed by atoms with van der Waals surface area (Å²) in [7, 11) is 0. The highest BCUT2D eigenvalue weighted by Crippen LogP contribution is 2.21. The fourth-order valence-electron chi connectivity index (χ4n) is 1.58. The van der Waals surface area contributed by atoms with Crippen LogP contribution in [0, 0.1) is 6.92 Å². The van der Waals surface area contributed by atoms with Crippen LogP contribution < -0.4 is 5.32 Å². The first kappa shape index (κ1) is 6.85. The summed E-state index contributed by atoms with van der Waals surface area (Å²) in [6.07, 6.45) is 3.82. The average molecular weight is 151 g/mol. The molecule has 0 spiro atoms. The molecule has 1 aliphatic heterocycles. The first-order valence-electron chi connectivity index (χ1n) is 3.92. The van der Waals surface area contributed by atoms with Crippen LogP contribution >= 0.6 is 0 Å². The number of rotatable bonds is 1. The van der Waals surface area contributed by atoms with Gasteiger partial charge in [-0.25, -0.2) is 4.98 Å². The lowest BCUT2D eigenvalue weighted by molar-refractivity contribution is 0.197. The highest BCUT2D eigenvalue weighted by Gasteiger charge is 2.33. The number of hydrogen-bond acceptors (Lipinski definition) is 2. The highest BCUT2D eigenvalue weighted by atomic mass is 15.2. The topological polar surface area (TPSA) is 29.9 Å². The van der Waals surface area contributed by atoms with E-state index in [0.717, 1.165) is 13.1 Å². The fourth-order valence-corrected chi connectivity index (χ4v) is 1.58. The number of hydrogen-bond donors (Lipinski definition) is 1. The molecule has 1 fully saturated rings. The van der Waals surface area contributed by atoms with Crippen molar-refractivity contribution >= 4 is 0 Å². The lowest BCUT2D eigenvalue weighted by Gasteiger charge is -2.41. The Balaban J connectivity index is 2.35. The van der Waals surface area contributed by atoms with E-state index < -0.39 is 0 Å². The molecule has 0 saturated carbocycles. The van der Waals surface area contributed by atoms with Gasteiger partial charge in [-0.3, -0.25) is 0 Å². The SMILES string of the molecule is Cc1cncn1C1(C)CNC1. The van der Waals surface area contributed by atoms with Crippen LogP contribution in [0.15, 0.2) is 12.5 Å². The maximum absolute atomic E-state index is 4.11. The lowest BCUT2D eigenvalue weighted by atomic mass is 9.95. The Morgan fingerprint density at radius 1 is 1.64 bits per heavy atom. The molecule has 1 saturated heterocycles. The van der Waals surface area contributed by atoms with Crippen molar-refractivity contribution in [3.05, 3.63) is 18.2 Å². The van der Waals surface area contributed by atoms with Gasteiger partial charge in [0.15, 0.2) is 0 Å². The summed E-state index contributed by atoms with van der Waals surface area (Å²) < 4.78 is 2.24. The molecule has 0 atom stereocenters. The molecule has 1 N–H and O–H groups in total. The van der Waals surface area contributed by atoms with Crippen molar-refractivity contribution in [3.63, 3.8) is 0 Å². The maximum Gasteiger partial charge on any atom is 0.0954 e. The van der Waals surface area contributed by atoms with Crippen molar-refractivity contribution < 1.29 is 0 Å². The van der Waals surface area contributed by atoms with E-state index in [1.165, 1.54) is 5.69 Å². The van der Waals surface area contributed by atoms with Gasteiger partial charge in [0, 0.05) is 25.0 Å². The van der Waals surface area contributed by atoms with Crippen LogP contribution in [0.2, 0.25) is 0 Å². The minimum Gasteiger partial charge on any atom is -0.327 e. The maximum atomic E-state index is 4.11. The third-order valence-corrected chi connectivity index (χ3v) is 2.42. The number of nitrogens with zero attached hydrogens (tertiary/aromatic N) is 2. The molecule has 2 heterocycles. The predicted molar refractivity (Wildman–Crippen MR) is 43.5 cm³/mol. The van der Waals surface area contributed by atoms with Gasteiger partial charge in [-0.2, -0.15) is 0 Å². The van der Waals surface area contributed by atoms with Crippen molar-refractivity contribution in [2.75, 3.05) is 13.1 Å². The van der Waals surface area contributed by atoms with Crippen molar-refractivity contribution in [2.45, 2.75) is 19.4 Å². The van der Waals surface area contributed by atoms with E-state index in [2.05, 4.69) is 28.7 Å². The van der Waals surface area contributed by atoms with Gasteiger partial charge in [-0.1, -0.05) is 0 Å². The molecule has 60 valence electrons. The second-order valence-electron chi connectivity index (χ2n) is 3.51. The van der Waals surface area contributed by atoms with Gasteiger partial charge in [0.2, 0.25) is 0 Å². The summed E-state index contributed by atoms with van der Waals surface area (Å²) in [6.45, 7) is 6.46. The first-order chi connectivity index (χ1) is 5.22. The summed E-state index contributed by atoms with van der Waals surface area (Å²) in [4.78, 5) is 4.11. The Morgan fingerprint density at radius 2 is 2.36 bits per heavy atom. The number of aromatic nitrogens is 2. The predicted octanol–water partition coefficient (Wildman–Crippen LogP) is 0.510. The average Bonchev–Trinajstić information content (AvgIpc) is 2.30. The molecule has 0 bridgehead atoms. The van der Waals surface area contributed by atoms with Crippen LogP contribution in [0.25, 0.3) is 0 Å². The van der Waals surface area contributed by atoms with Gasteiger partial charge < -0.3 is 9.88 Å². The third kappa shape index (κ3) is 0.878. The Kier molecular flexibility index (Phi) is 1.29. The molecule has 3 nitrogen and oxygen atoms in total. The van der Waals surface area contributed by atoms with Gasteiger partial charge in [0.05, 0.1) is 11.9 Å². The van der Waals surface area contributed by atoms with Crippen LogP contribution in [-0.2, 0) is 5.54 Å². The van der Waals surface area contributed by atoms with Crippen molar-refractivity contribution in [2.24, 2.45) is 0 Å². The van der Waals surface area contributed by atoms with Gasteiger partial charge >= 0.3 is 0 Å². The van der Waals surface area contributed by atoms with Gasteiger partial charge in [0.25, 0.3) is 0 Å². The van der Waals surface area contributed by atoms with E-state index in [-0.39, 0.29) is 5.54 Å². The van der Waals surface area contributed by atoms with E-state index in [1.807, 2.05) is 12.5 Å². The molecule has 1 aromatic heterocycles. The molecule has 0 radical (unpaired) electrons. The Hall–Kier alpha value is -0.830. The first-order valence-corrected chi connectivity index (χ1v) is 3.92. The van der Waals surface area contributed by atoms with Crippen molar-refractivity contribution in [1.82, 2.24) is 14.9 Å². The molecular weight excluding hydrogens is 138 g/mol. The van der Waals surface area contributed by atoms with Crippen molar-refractivity contribution in [1.29, 1.82) is 0 Å². The summed E-state index contributed by atoms with van der Waals surface area (Å²) in [6, 6.07) is 0. The van der Waals surface area contributed by atoms with Gasteiger partial charge in [-0.15, -0.1) is 0 Å². The largest absolute Gasteiger partial charge is 0.327 e. The molecule has 11 heavy (non-hydrogen) atoms. The van der Waals surface area contributed by atoms with Crippen LogP contribution in [0.4, 0.5) is 0 Å². The molecule has 2 rings (SSSR count). The fraction of sp³-hybridized carbons (Fsp3) is 0.625. The van der Waals surface area contributed by atoms with E-state index in [1.54, 1.807) is 0 Å². The Morgan fingerprint density at radius 3 is 2.73 bits per heavy atom. The molecule has 0 unspecified atom stereocenters. The standard InChI is InChI=1S/C8H13N3/c1-7-3-9-6-11(7)8(2)4-10-5-8/h3,6,10H,4-5H2,1-2H3. The van der Waals surface area contributed by atoms with Gasteiger partial charge in [-0.05, 0) is 13.8 Å². The second kappa shape index (κ2) is 2.08. The summed E-state index contributed by atoms with van der Waals surface area (Å²) in [5.74, 6) is 0. The quantitative estimate of drug-likeness (QED) is 0.633. The smallest absolute Gasteiger partial charge is 0.0954 e. The summed E-state index contributed by atoms with van der Waals surface area (Å²) in [5, 5.41) is 3.27. The second-order valence-corrected chi connectivity index (χ2v) is 3.51. The molecule has 0 aromatic carbocycles. The number of nitrogens with one attached hydrogen (secondary N) is 1. The monoisotopic (exact) mass is 151 g/mol. The van der Waals surface area contributed by atoms with E-state index in [9.17, 15) is 0 Å². The third-order valence-electron chi connectivity index (χ3n) is 2.42. The number of aryl methyl sites for hydroxylation is 1. The normalized spacial score (nSPS) is 21.3. The Bertz CT molecular complexity index is 260.